The molecule has 1 heterocycles. The average Bonchev–Trinajstić information content (AvgIpc) is 2.85. The van der Waals surface area contributed by atoms with E-state index in [4.69, 9.17) is 5.73 Å². The minimum absolute atomic E-state index is 0.277. The molecule has 0 aliphatic rings. The Morgan fingerprint density at radius 3 is 2.10 bits per heavy atom. The maximum absolute atomic E-state index is 9.40. The summed E-state index contributed by atoms with van der Waals surface area (Å²) in [6.45, 7) is 0. The second-order valence-electron chi connectivity index (χ2n) is 5.24. The van der Waals surface area contributed by atoms with Gasteiger partial charge in [-0.05, 0) is 53.6 Å². The van der Waals surface area contributed by atoms with E-state index in [-0.39, 0.29) is 5.75 Å². The van der Waals surface area contributed by atoms with Gasteiger partial charge in [0.2, 0.25) is 0 Å². The number of anilines is 1. The van der Waals surface area contributed by atoms with Crippen LogP contribution in [0.2, 0.25) is 0 Å². The highest BCUT2D eigenvalue weighted by molar-refractivity contribution is 6.09. The van der Waals surface area contributed by atoms with Crippen LogP contribution in [0.5, 0.6) is 5.75 Å². The molecule has 4 rings (SSSR count). The third kappa shape index (κ3) is 1.91. The third-order valence-electron chi connectivity index (χ3n) is 3.82. The van der Waals surface area contributed by atoms with E-state index in [1.165, 1.54) is 0 Å². The lowest BCUT2D eigenvalue weighted by molar-refractivity contribution is 0.475. The molecule has 0 radical (unpaired) electrons. The van der Waals surface area contributed by atoms with Crippen LogP contribution in [0.25, 0.3) is 32.9 Å². The Labute approximate surface area is 121 Å². The van der Waals surface area contributed by atoms with Crippen LogP contribution in [0.15, 0.2) is 60.7 Å². The second kappa shape index (κ2) is 4.28. The highest BCUT2D eigenvalue weighted by Crippen LogP contribution is 2.31. The van der Waals surface area contributed by atoms with Crippen LogP contribution < -0.4 is 5.73 Å². The molecule has 0 saturated heterocycles. The average molecular weight is 274 g/mol. The van der Waals surface area contributed by atoms with E-state index >= 15 is 0 Å². The molecular weight excluding hydrogens is 260 g/mol. The Morgan fingerprint density at radius 1 is 0.714 bits per heavy atom. The number of phenolic OH excluding ortho intramolecular Hbond substituents is 1. The number of aromatic nitrogens is 1. The predicted molar refractivity (Wildman–Crippen MR) is 87.3 cm³/mol. The standard InChI is InChI=1S/C18H14N2O/c19-13-4-8-18-16(10-13)15-9-12(3-7-17(15)20-18)11-1-5-14(21)6-2-11/h1-10,20-21H,19H2. The second-order valence-corrected chi connectivity index (χ2v) is 5.24. The Balaban J connectivity index is 1.98. The van der Waals surface area contributed by atoms with Crippen LogP contribution in [0.4, 0.5) is 5.69 Å². The first-order valence-electron chi connectivity index (χ1n) is 6.81. The number of hydrogen-bond donors (Lipinski definition) is 3. The number of H-pyrrole nitrogens is 1. The maximum atomic E-state index is 9.40. The lowest BCUT2D eigenvalue weighted by Gasteiger charge is -2.02. The molecule has 0 bridgehead atoms. The summed E-state index contributed by atoms with van der Waals surface area (Å²) in [4.78, 5) is 3.40. The summed E-state index contributed by atoms with van der Waals surface area (Å²) < 4.78 is 0. The van der Waals surface area contributed by atoms with Crippen molar-refractivity contribution < 1.29 is 5.11 Å². The van der Waals surface area contributed by atoms with E-state index in [2.05, 4.69) is 23.2 Å². The van der Waals surface area contributed by atoms with Crippen molar-refractivity contribution in [1.82, 2.24) is 4.98 Å². The number of rotatable bonds is 1. The van der Waals surface area contributed by atoms with Gasteiger partial charge < -0.3 is 15.8 Å². The molecule has 21 heavy (non-hydrogen) atoms. The van der Waals surface area contributed by atoms with Gasteiger partial charge in [0.25, 0.3) is 0 Å². The highest BCUT2D eigenvalue weighted by atomic mass is 16.3. The zero-order valence-corrected chi connectivity index (χ0v) is 11.3. The van der Waals surface area contributed by atoms with Crippen LogP contribution in [0.1, 0.15) is 0 Å². The van der Waals surface area contributed by atoms with Crippen LogP contribution >= 0.6 is 0 Å². The summed E-state index contributed by atoms with van der Waals surface area (Å²) in [6.07, 6.45) is 0. The van der Waals surface area contributed by atoms with Crippen molar-refractivity contribution in [2.45, 2.75) is 0 Å². The SMILES string of the molecule is Nc1ccc2[nH]c3ccc(-c4ccc(O)cc4)cc3c2c1. The van der Waals surface area contributed by atoms with Crippen LogP contribution in [-0.4, -0.2) is 10.1 Å². The Kier molecular flexibility index (Phi) is 2.42. The Hall–Kier alpha value is -2.94. The molecule has 4 N–H and O–H groups in total. The van der Waals surface area contributed by atoms with Gasteiger partial charge >= 0.3 is 0 Å². The molecule has 0 aliphatic carbocycles. The topological polar surface area (TPSA) is 62.0 Å². The van der Waals surface area contributed by atoms with Gasteiger partial charge in [0.05, 0.1) is 0 Å². The number of aromatic amines is 1. The zero-order valence-electron chi connectivity index (χ0n) is 11.3. The fourth-order valence-corrected chi connectivity index (χ4v) is 2.75. The van der Waals surface area contributed by atoms with Gasteiger partial charge in [-0.25, -0.2) is 0 Å². The predicted octanol–water partition coefficient (Wildman–Crippen LogP) is 4.28. The van der Waals surface area contributed by atoms with E-state index < -0.39 is 0 Å². The molecule has 0 aliphatic heterocycles. The number of nitrogens with two attached hydrogens (primary N) is 1. The van der Waals surface area contributed by atoms with E-state index in [0.717, 1.165) is 38.6 Å². The number of benzene rings is 3. The summed E-state index contributed by atoms with van der Waals surface area (Å²) >= 11 is 0. The number of hydrogen-bond acceptors (Lipinski definition) is 2. The normalized spacial score (nSPS) is 11.2. The fourth-order valence-electron chi connectivity index (χ4n) is 2.75. The summed E-state index contributed by atoms with van der Waals surface area (Å²) in [5.74, 6) is 0.277. The third-order valence-corrected chi connectivity index (χ3v) is 3.82. The van der Waals surface area contributed by atoms with Gasteiger partial charge in [-0.3, -0.25) is 0 Å². The van der Waals surface area contributed by atoms with Crippen molar-refractivity contribution in [3.63, 3.8) is 0 Å². The minimum atomic E-state index is 0.277. The van der Waals surface area contributed by atoms with Crippen molar-refractivity contribution >= 4 is 27.5 Å². The van der Waals surface area contributed by atoms with Crippen LogP contribution in [-0.2, 0) is 0 Å². The van der Waals surface area contributed by atoms with E-state index in [1.54, 1.807) is 12.1 Å². The van der Waals surface area contributed by atoms with Crippen molar-refractivity contribution in [3.8, 4) is 16.9 Å². The van der Waals surface area contributed by atoms with Gasteiger partial charge in [-0.15, -0.1) is 0 Å². The van der Waals surface area contributed by atoms with E-state index in [1.807, 2.05) is 30.3 Å². The number of fused-ring (bicyclic) bond motifs is 3. The first-order chi connectivity index (χ1) is 10.2. The van der Waals surface area contributed by atoms with Gasteiger partial charge in [0, 0.05) is 27.5 Å². The highest BCUT2D eigenvalue weighted by Gasteiger charge is 2.06. The monoisotopic (exact) mass is 274 g/mol. The van der Waals surface area contributed by atoms with Crippen LogP contribution in [0.3, 0.4) is 0 Å². The molecule has 0 amide bonds. The minimum Gasteiger partial charge on any atom is -0.508 e. The van der Waals surface area contributed by atoms with Crippen LogP contribution in [0, 0.1) is 0 Å². The van der Waals surface area contributed by atoms with Crippen molar-refractivity contribution in [2.24, 2.45) is 0 Å². The zero-order chi connectivity index (χ0) is 14.4. The Morgan fingerprint density at radius 2 is 1.33 bits per heavy atom. The first-order valence-corrected chi connectivity index (χ1v) is 6.81. The molecule has 3 nitrogen and oxygen atoms in total. The first kappa shape index (κ1) is 11.9. The van der Waals surface area contributed by atoms with Gasteiger partial charge in [0.1, 0.15) is 5.75 Å². The largest absolute Gasteiger partial charge is 0.508 e. The van der Waals surface area contributed by atoms with Gasteiger partial charge in [-0.2, -0.15) is 0 Å². The molecule has 3 aromatic carbocycles. The molecule has 0 atom stereocenters. The Bertz CT molecular complexity index is 952. The van der Waals surface area contributed by atoms with Crippen molar-refractivity contribution in [1.29, 1.82) is 0 Å². The molecule has 102 valence electrons. The molecule has 0 saturated carbocycles. The molecule has 0 fully saturated rings. The summed E-state index contributed by atoms with van der Waals surface area (Å²) in [7, 11) is 0. The molecule has 0 spiro atoms. The summed E-state index contributed by atoms with van der Waals surface area (Å²) in [5, 5.41) is 11.7. The van der Waals surface area contributed by atoms with Gasteiger partial charge in [-0.1, -0.05) is 18.2 Å². The van der Waals surface area contributed by atoms with Crippen molar-refractivity contribution in [3.05, 3.63) is 60.7 Å². The van der Waals surface area contributed by atoms with E-state index in [9.17, 15) is 5.11 Å². The molecule has 1 aromatic heterocycles. The summed E-state index contributed by atoms with van der Waals surface area (Å²) in [5.41, 5.74) is 11.0. The maximum Gasteiger partial charge on any atom is 0.115 e. The summed E-state index contributed by atoms with van der Waals surface area (Å²) in [6, 6.07) is 19.4. The number of phenols is 1. The molecule has 0 unspecified atom stereocenters. The lowest BCUT2D eigenvalue weighted by Crippen LogP contribution is -1.82. The molecular formula is C18H14N2O. The molecule has 4 aromatic rings. The smallest absolute Gasteiger partial charge is 0.115 e. The molecule has 3 heteroatoms. The van der Waals surface area contributed by atoms with E-state index in [0.29, 0.717) is 0 Å². The number of aromatic hydroxyl groups is 1. The fraction of sp³-hybridized carbons (Fsp3) is 0. The lowest BCUT2D eigenvalue weighted by atomic mass is 10.0. The number of nitrogen functional groups attached to an aromatic ring is 1. The quantitative estimate of drug-likeness (QED) is 0.454. The van der Waals surface area contributed by atoms with Gasteiger partial charge in [0.15, 0.2) is 0 Å². The number of nitrogens with one attached hydrogen (secondary N) is 1. The van der Waals surface area contributed by atoms with Crippen molar-refractivity contribution in [2.75, 3.05) is 5.73 Å².